The van der Waals surface area contributed by atoms with Gasteiger partial charge in [-0.3, -0.25) is 0 Å². The second kappa shape index (κ2) is 6.25. The molecule has 1 aliphatic rings. The van der Waals surface area contributed by atoms with Crippen molar-refractivity contribution in [2.45, 2.75) is 26.7 Å². The molecule has 0 unspecified atom stereocenters. The lowest BCUT2D eigenvalue weighted by Crippen LogP contribution is -2.17. The minimum Gasteiger partial charge on any atom is -0.192 e. The first-order valence-electron chi connectivity index (χ1n) is 7.01. The lowest BCUT2D eigenvalue weighted by Gasteiger charge is -2.30. The van der Waals surface area contributed by atoms with Crippen LogP contribution in [0.25, 0.3) is 6.08 Å². The normalized spacial score (nSPS) is 17.0. The molecular weight excluding hydrogens is 256 g/mol. The lowest BCUT2D eigenvalue weighted by atomic mass is 9.74. The first-order chi connectivity index (χ1) is 10.0. The minimum atomic E-state index is 0.0688. The molecule has 0 spiro atoms. The first kappa shape index (κ1) is 14.8. The third-order valence-electron chi connectivity index (χ3n) is 3.55. The Labute approximate surface area is 126 Å². The Balaban J connectivity index is 2.35. The van der Waals surface area contributed by atoms with Crippen LogP contribution in [-0.2, 0) is 0 Å². The van der Waals surface area contributed by atoms with Crippen LogP contribution in [0, 0.1) is 28.1 Å². The number of nitriles is 2. The predicted octanol–water partition coefficient (Wildman–Crippen LogP) is 4.79. The summed E-state index contributed by atoms with van der Waals surface area (Å²) in [4.78, 5) is 0. The van der Waals surface area contributed by atoms with Gasteiger partial charge in [-0.15, -0.1) is 0 Å². The number of rotatable bonds is 2. The highest BCUT2D eigenvalue weighted by Gasteiger charge is 2.26. The molecule has 0 bridgehead atoms. The van der Waals surface area contributed by atoms with E-state index in [9.17, 15) is 0 Å². The van der Waals surface area contributed by atoms with Gasteiger partial charge in [-0.05, 0) is 35.0 Å². The molecule has 1 aromatic rings. The fourth-order valence-corrected chi connectivity index (χ4v) is 2.66. The Morgan fingerprint density at radius 3 is 2.33 bits per heavy atom. The van der Waals surface area contributed by atoms with Crippen molar-refractivity contribution in [1.82, 2.24) is 0 Å². The molecule has 1 aliphatic carbocycles. The van der Waals surface area contributed by atoms with E-state index in [0.29, 0.717) is 0 Å². The SMILES string of the molecule is CC1(C)CC(/C=C/c2ccccc2)=CC(=C(C#N)C#N)C1. The average Bonchev–Trinajstić information content (AvgIpc) is 2.46. The van der Waals surface area contributed by atoms with Gasteiger partial charge in [-0.1, -0.05) is 62.4 Å². The Morgan fingerprint density at radius 2 is 1.71 bits per heavy atom. The minimum absolute atomic E-state index is 0.0688. The van der Waals surface area contributed by atoms with Gasteiger partial charge < -0.3 is 0 Å². The van der Waals surface area contributed by atoms with Crippen molar-refractivity contribution in [3.05, 3.63) is 64.8 Å². The zero-order chi connectivity index (χ0) is 15.3. The summed E-state index contributed by atoms with van der Waals surface area (Å²) in [5.74, 6) is 0. The molecule has 2 rings (SSSR count). The van der Waals surface area contributed by atoms with Gasteiger partial charge >= 0.3 is 0 Å². The summed E-state index contributed by atoms with van der Waals surface area (Å²) in [7, 11) is 0. The van der Waals surface area contributed by atoms with Gasteiger partial charge in [0.1, 0.15) is 17.7 Å². The van der Waals surface area contributed by atoms with Crippen molar-refractivity contribution in [3.8, 4) is 12.1 Å². The van der Waals surface area contributed by atoms with Crippen LogP contribution in [-0.4, -0.2) is 0 Å². The zero-order valence-electron chi connectivity index (χ0n) is 12.4. The highest BCUT2D eigenvalue weighted by atomic mass is 14.3. The average molecular weight is 274 g/mol. The highest BCUT2D eigenvalue weighted by molar-refractivity contribution is 5.56. The third-order valence-corrected chi connectivity index (χ3v) is 3.55. The molecule has 0 aromatic heterocycles. The summed E-state index contributed by atoms with van der Waals surface area (Å²) in [6.45, 7) is 4.34. The molecule has 104 valence electrons. The summed E-state index contributed by atoms with van der Waals surface area (Å²) in [5, 5.41) is 18.1. The maximum Gasteiger partial charge on any atom is 0.132 e. The van der Waals surface area contributed by atoms with E-state index in [4.69, 9.17) is 10.5 Å². The molecule has 0 radical (unpaired) electrons. The van der Waals surface area contributed by atoms with Gasteiger partial charge in [0.25, 0.3) is 0 Å². The second-order valence-corrected chi connectivity index (χ2v) is 6.10. The molecule has 0 atom stereocenters. The molecule has 0 saturated heterocycles. The molecule has 1 aromatic carbocycles. The monoisotopic (exact) mass is 274 g/mol. The van der Waals surface area contributed by atoms with Crippen molar-refractivity contribution < 1.29 is 0 Å². The van der Waals surface area contributed by atoms with Crippen LogP contribution in [0.1, 0.15) is 32.3 Å². The number of benzene rings is 1. The molecule has 2 heteroatoms. The van der Waals surface area contributed by atoms with Crippen molar-refractivity contribution in [1.29, 1.82) is 10.5 Å². The van der Waals surface area contributed by atoms with Crippen molar-refractivity contribution in [3.63, 3.8) is 0 Å². The van der Waals surface area contributed by atoms with Crippen LogP contribution in [0.2, 0.25) is 0 Å². The largest absolute Gasteiger partial charge is 0.192 e. The maximum absolute atomic E-state index is 9.07. The maximum atomic E-state index is 9.07. The summed E-state index contributed by atoms with van der Waals surface area (Å²) >= 11 is 0. The van der Waals surface area contributed by atoms with E-state index in [1.165, 1.54) is 0 Å². The van der Waals surface area contributed by atoms with E-state index in [1.807, 2.05) is 36.4 Å². The van der Waals surface area contributed by atoms with Gasteiger partial charge in [0, 0.05) is 0 Å². The van der Waals surface area contributed by atoms with E-state index in [0.717, 1.165) is 29.6 Å². The number of nitrogens with zero attached hydrogens (tertiary/aromatic N) is 2. The topological polar surface area (TPSA) is 47.6 Å². The van der Waals surface area contributed by atoms with E-state index in [2.05, 4.69) is 38.1 Å². The summed E-state index contributed by atoms with van der Waals surface area (Å²) < 4.78 is 0. The van der Waals surface area contributed by atoms with Crippen LogP contribution in [0.15, 0.2) is 59.2 Å². The number of allylic oxidation sites excluding steroid dienone is 5. The van der Waals surface area contributed by atoms with E-state index >= 15 is 0 Å². The molecule has 0 aliphatic heterocycles. The Bertz CT molecular complexity index is 673. The first-order valence-corrected chi connectivity index (χ1v) is 7.01. The van der Waals surface area contributed by atoms with Crippen molar-refractivity contribution in [2.75, 3.05) is 0 Å². The fourth-order valence-electron chi connectivity index (χ4n) is 2.66. The fraction of sp³-hybridized carbons (Fsp3) is 0.263. The Kier molecular flexibility index (Phi) is 4.41. The summed E-state index contributed by atoms with van der Waals surface area (Å²) in [6.07, 6.45) is 7.87. The molecule has 21 heavy (non-hydrogen) atoms. The highest BCUT2D eigenvalue weighted by Crippen LogP contribution is 2.39. The van der Waals surface area contributed by atoms with Crippen LogP contribution in [0.3, 0.4) is 0 Å². The number of hydrogen-bond donors (Lipinski definition) is 0. The summed E-state index contributed by atoms with van der Waals surface area (Å²) in [6, 6.07) is 14.1. The van der Waals surface area contributed by atoms with Gasteiger partial charge in [0.2, 0.25) is 0 Å². The molecule has 0 saturated carbocycles. The zero-order valence-corrected chi connectivity index (χ0v) is 12.4. The van der Waals surface area contributed by atoms with E-state index in [1.54, 1.807) is 0 Å². The second-order valence-electron chi connectivity index (χ2n) is 6.10. The Hall–Kier alpha value is -2.58. The lowest BCUT2D eigenvalue weighted by molar-refractivity contribution is 0.354. The molecule has 2 nitrogen and oxygen atoms in total. The predicted molar refractivity (Wildman–Crippen MR) is 84.8 cm³/mol. The standard InChI is InChI=1S/C19H18N2/c1-19(2)11-16(9-8-15-6-4-3-5-7-15)10-17(12-19)18(13-20)14-21/h3-10H,11-12H2,1-2H3/b9-8+. The smallest absolute Gasteiger partial charge is 0.132 e. The molecule has 0 fully saturated rings. The van der Waals surface area contributed by atoms with Crippen molar-refractivity contribution >= 4 is 6.08 Å². The van der Waals surface area contributed by atoms with Crippen LogP contribution in [0.5, 0.6) is 0 Å². The molecule has 0 heterocycles. The van der Waals surface area contributed by atoms with Crippen molar-refractivity contribution in [2.24, 2.45) is 5.41 Å². The van der Waals surface area contributed by atoms with E-state index in [-0.39, 0.29) is 11.0 Å². The van der Waals surface area contributed by atoms with Gasteiger partial charge in [-0.2, -0.15) is 10.5 Å². The summed E-state index contributed by atoms with van der Waals surface area (Å²) in [5.41, 5.74) is 3.46. The molecular formula is C19H18N2. The van der Waals surface area contributed by atoms with Gasteiger partial charge in [0.05, 0.1) is 0 Å². The number of hydrogen-bond acceptors (Lipinski definition) is 2. The Morgan fingerprint density at radius 1 is 1.05 bits per heavy atom. The third kappa shape index (κ3) is 3.94. The van der Waals surface area contributed by atoms with Gasteiger partial charge in [-0.25, -0.2) is 0 Å². The van der Waals surface area contributed by atoms with Crippen LogP contribution < -0.4 is 0 Å². The van der Waals surface area contributed by atoms with Crippen LogP contribution >= 0.6 is 0 Å². The van der Waals surface area contributed by atoms with E-state index < -0.39 is 0 Å². The molecule has 0 amide bonds. The molecule has 0 N–H and O–H groups in total. The van der Waals surface area contributed by atoms with Gasteiger partial charge in [0.15, 0.2) is 0 Å². The quantitative estimate of drug-likeness (QED) is 0.728. The van der Waals surface area contributed by atoms with Crippen LogP contribution in [0.4, 0.5) is 0 Å².